The zero-order valence-corrected chi connectivity index (χ0v) is 7.27. The molecule has 0 aliphatic heterocycles. The summed E-state index contributed by atoms with van der Waals surface area (Å²) in [6, 6.07) is 0.227. The smallest absolute Gasteiger partial charge is 0.0693 e. The summed E-state index contributed by atoms with van der Waals surface area (Å²) >= 11 is 5.57. The second-order valence-corrected chi connectivity index (χ2v) is 3.54. The quantitative estimate of drug-likeness (QED) is 0.677. The Morgan fingerprint density at radius 3 is 2.82 bits per heavy atom. The van der Waals surface area contributed by atoms with E-state index in [0.29, 0.717) is 11.6 Å². The molecule has 3 heteroatoms. The summed E-state index contributed by atoms with van der Waals surface area (Å²) in [4.78, 5) is 0. The van der Waals surface area contributed by atoms with Gasteiger partial charge in [0.2, 0.25) is 0 Å². The van der Waals surface area contributed by atoms with Crippen LogP contribution in [0.3, 0.4) is 0 Å². The number of nitrogens with one attached hydrogen (secondary N) is 1. The van der Waals surface area contributed by atoms with Crippen LogP contribution in [-0.2, 0) is 0 Å². The van der Waals surface area contributed by atoms with Crippen molar-refractivity contribution >= 4 is 11.6 Å². The summed E-state index contributed by atoms with van der Waals surface area (Å²) in [5.41, 5.74) is 0. The summed E-state index contributed by atoms with van der Waals surface area (Å²) in [5, 5.41) is 13.1. The van der Waals surface area contributed by atoms with Gasteiger partial charge in [0, 0.05) is 17.6 Å². The van der Waals surface area contributed by atoms with E-state index in [9.17, 15) is 5.11 Å². The van der Waals surface area contributed by atoms with Gasteiger partial charge < -0.3 is 10.4 Å². The molecular formula is C8H14ClNO. The van der Waals surface area contributed by atoms with Crippen molar-refractivity contribution in [2.45, 2.75) is 31.4 Å². The normalized spacial score (nSPS) is 30.7. The molecule has 0 radical (unpaired) electrons. The average molecular weight is 176 g/mol. The summed E-state index contributed by atoms with van der Waals surface area (Å²) in [6.07, 6.45) is 2.87. The van der Waals surface area contributed by atoms with E-state index in [0.717, 1.165) is 19.3 Å². The van der Waals surface area contributed by atoms with Crippen LogP contribution in [0, 0.1) is 0 Å². The second-order valence-electron chi connectivity index (χ2n) is 3.00. The molecule has 1 fully saturated rings. The Morgan fingerprint density at radius 1 is 1.64 bits per heavy atom. The van der Waals surface area contributed by atoms with Crippen molar-refractivity contribution in [3.05, 3.63) is 11.6 Å². The van der Waals surface area contributed by atoms with E-state index in [1.165, 1.54) is 0 Å². The van der Waals surface area contributed by atoms with Crippen LogP contribution in [-0.4, -0.2) is 23.8 Å². The van der Waals surface area contributed by atoms with Gasteiger partial charge in [-0.3, -0.25) is 0 Å². The molecule has 11 heavy (non-hydrogen) atoms. The van der Waals surface area contributed by atoms with Crippen LogP contribution in [0.5, 0.6) is 0 Å². The van der Waals surface area contributed by atoms with Crippen LogP contribution in [0.15, 0.2) is 11.6 Å². The first kappa shape index (κ1) is 9.04. The molecule has 0 aromatic heterocycles. The van der Waals surface area contributed by atoms with E-state index in [1.54, 1.807) is 0 Å². The van der Waals surface area contributed by atoms with E-state index in [1.807, 2.05) is 0 Å². The molecule has 0 spiro atoms. The minimum Gasteiger partial charge on any atom is -0.392 e. The number of halogens is 1. The molecule has 2 nitrogen and oxygen atoms in total. The van der Waals surface area contributed by atoms with Crippen molar-refractivity contribution in [3.8, 4) is 0 Å². The average Bonchev–Trinajstić information content (AvgIpc) is 2.31. The highest BCUT2D eigenvalue weighted by molar-refractivity contribution is 6.29. The molecule has 0 saturated heterocycles. The highest BCUT2D eigenvalue weighted by atomic mass is 35.5. The molecule has 0 unspecified atom stereocenters. The van der Waals surface area contributed by atoms with Gasteiger partial charge in [0.25, 0.3) is 0 Å². The third-order valence-corrected chi connectivity index (χ3v) is 2.17. The molecule has 0 heterocycles. The van der Waals surface area contributed by atoms with E-state index in [4.69, 9.17) is 11.6 Å². The first-order valence-corrected chi connectivity index (χ1v) is 4.32. The van der Waals surface area contributed by atoms with Crippen molar-refractivity contribution in [1.82, 2.24) is 5.32 Å². The maximum atomic E-state index is 9.37. The largest absolute Gasteiger partial charge is 0.392 e. The van der Waals surface area contributed by atoms with E-state index in [2.05, 4.69) is 11.9 Å². The fourth-order valence-electron chi connectivity index (χ4n) is 1.42. The fourth-order valence-corrected chi connectivity index (χ4v) is 1.50. The molecular weight excluding hydrogens is 162 g/mol. The molecule has 64 valence electrons. The Labute approximate surface area is 72.2 Å². The molecule has 0 aromatic rings. The monoisotopic (exact) mass is 175 g/mol. The summed E-state index contributed by atoms with van der Waals surface area (Å²) < 4.78 is 0. The number of aliphatic hydroxyl groups is 1. The standard InChI is InChI=1S/C8H14ClNO/c1-6(9)5-10-7-3-2-4-8(7)11/h7-8,10-11H,1-5H2/t7-,8-/m0/s1. The molecule has 2 atom stereocenters. The number of aliphatic hydroxyl groups excluding tert-OH is 1. The van der Waals surface area contributed by atoms with Gasteiger partial charge in [0.15, 0.2) is 0 Å². The zero-order chi connectivity index (χ0) is 8.27. The van der Waals surface area contributed by atoms with Crippen molar-refractivity contribution < 1.29 is 5.11 Å². The van der Waals surface area contributed by atoms with E-state index in [-0.39, 0.29) is 12.1 Å². The molecule has 0 bridgehead atoms. The SMILES string of the molecule is C=C(Cl)CN[C@H]1CCC[C@@H]1O. The van der Waals surface area contributed by atoms with Gasteiger partial charge in [-0.2, -0.15) is 0 Å². The Hall–Kier alpha value is -0.0500. The van der Waals surface area contributed by atoms with Crippen LogP contribution in [0.2, 0.25) is 0 Å². The summed E-state index contributed by atoms with van der Waals surface area (Å²) in [7, 11) is 0. The highest BCUT2D eigenvalue weighted by Gasteiger charge is 2.24. The summed E-state index contributed by atoms with van der Waals surface area (Å²) in [5.74, 6) is 0. The lowest BCUT2D eigenvalue weighted by Crippen LogP contribution is -2.36. The molecule has 2 N–H and O–H groups in total. The number of rotatable bonds is 3. The minimum atomic E-state index is -0.189. The van der Waals surface area contributed by atoms with Gasteiger partial charge >= 0.3 is 0 Å². The third-order valence-electron chi connectivity index (χ3n) is 2.04. The van der Waals surface area contributed by atoms with Gasteiger partial charge in [-0.1, -0.05) is 18.2 Å². The maximum absolute atomic E-state index is 9.37. The minimum absolute atomic E-state index is 0.189. The topological polar surface area (TPSA) is 32.3 Å². The second kappa shape index (κ2) is 4.10. The number of hydrogen-bond acceptors (Lipinski definition) is 2. The van der Waals surface area contributed by atoms with Crippen molar-refractivity contribution in [3.63, 3.8) is 0 Å². The van der Waals surface area contributed by atoms with Crippen molar-refractivity contribution in [1.29, 1.82) is 0 Å². The number of hydrogen-bond donors (Lipinski definition) is 2. The van der Waals surface area contributed by atoms with Gasteiger partial charge in [-0.25, -0.2) is 0 Å². The molecule has 1 aliphatic carbocycles. The van der Waals surface area contributed by atoms with Crippen LogP contribution in [0.4, 0.5) is 0 Å². The van der Waals surface area contributed by atoms with Crippen LogP contribution < -0.4 is 5.32 Å². The predicted octanol–water partition coefficient (Wildman–Crippen LogP) is 1.24. The van der Waals surface area contributed by atoms with Crippen molar-refractivity contribution in [2.24, 2.45) is 0 Å². The molecule has 0 amide bonds. The molecule has 1 aliphatic rings. The molecule has 1 saturated carbocycles. The maximum Gasteiger partial charge on any atom is 0.0693 e. The van der Waals surface area contributed by atoms with Crippen LogP contribution >= 0.6 is 11.6 Å². The Morgan fingerprint density at radius 2 is 2.36 bits per heavy atom. The summed E-state index contributed by atoms with van der Waals surface area (Å²) in [6.45, 7) is 4.16. The van der Waals surface area contributed by atoms with E-state index >= 15 is 0 Å². The first-order valence-electron chi connectivity index (χ1n) is 3.95. The zero-order valence-electron chi connectivity index (χ0n) is 6.52. The lowest BCUT2D eigenvalue weighted by Gasteiger charge is -2.15. The van der Waals surface area contributed by atoms with Gasteiger partial charge in [-0.15, -0.1) is 0 Å². The van der Waals surface area contributed by atoms with Gasteiger partial charge in [0.1, 0.15) is 0 Å². The molecule has 1 rings (SSSR count). The lowest BCUT2D eigenvalue weighted by molar-refractivity contribution is 0.151. The van der Waals surface area contributed by atoms with Gasteiger partial charge in [-0.05, 0) is 19.3 Å². The van der Waals surface area contributed by atoms with Crippen LogP contribution in [0.25, 0.3) is 0 Å². The fraction of sp³-hybridized carbons (Fsp3) is 0.750. The highest BCUT2D eigenvalue weighted by Crippen LogP contribution is 2.18. The van der Waals surface area contributed by atoms with Crippen molar-refractivity contribution in [2.75, 3.05) is 6.54 Å². The van der Waals surface area contributed by atoms with E-state index < -0.39 is 0 Å². The Balaban J connectivity index is 2.20. The predicted molar refractivity (Wildman–Crippen MR) is 46.6 cm³/mol. The lowest BCUT2D eigenvalue weighted by atomic mass is 10.2. The Kier molecular flexibility index (Phi) is 3.37. The first-order chi connectivity index (χ1) is 5.20. The third kappa shape index (κ3) is 2.81. The Bertz CT molecular complexity index is 149. The van der Waals surface area contributed by atoms with Gasteiger partial charge in [0.05, 0.1) is 6.10 Å². The molecule has 0 aromatic carbocycles. The van der Waals surface area contributed by atoms with Crippen LogP contribution in [0.1, 0.15) is 19.3 Å².